The van der Waals surface area contributed by atoms with E-state index in [0.29, 0.717) is 11.1 Å². The number of pyridine rings is 1. The number of halogens is 3. The maximum absolute atomic E-state index is 12.5. The predicted octanol–water partition coefficient (Wildman–Crippen LogP) is 4.06. The van der Waals surface area contributed by atoms with Crippen LogP contribution in [0.1, 0.15) is 5.69 Å². The molecule has 0 unspecified atom stereocenters. The molecule has 5 heteroatoms. The van der Waals surface area contributed by atoms with Crippen molar-refractivity contribution in [2.45, 2.75) is 11.1 Å². The number of aromatic nitrogens is 1. The van der Waals surface area contributed by atoms with Gasteiger partial charge in [-0.2, -0.15) is 13.2 Å². The zero-order valence-electron chi connectivity index (χ0n) is 8.57. The van der Waals surface area contributed by atoms with Gasteiger partial charge in [-0.15, -0.1) is 12.6 Å². The molecule has 0 radical (unpaired) electrons. The molecule has 0 spiro atoms. The average Bonchev–Trinajstić information content (AvgIpc) is 2.29. The maximum Gasteiger partial charge on any atom is 0.433 e. The van der Waals surface area contributed by atoms with Crippen LogP contribution in [0.2, 0.25) is 0 Å². The van der Waals surface area contributed by atoms with Gasteiger partial charge in [-0.1, -0.05) is 12.1 Å². The van der Waals surface area contributed by atoms with Crippen LogP contribution in [0, 0.1) is 0 Å². The largest absolute Gasteiger partial charge is 0.433 e. The fourth-order valence-electron chi connectivity index (χ4n) is 1.42. The number of rotatable bonds is 1. The predicted molar refractivity (Wildman–Crippen MR) is 61.9 cm³/mol. The summed E-state index contributed by atoms with van der Waals surface area (Å²) in [6.45, 7) is 0. The first-order valence-corrected chi connectivity index (χ1v) is 5.24. The van der Waals surface area contributed by atoms with E-state index in [9.17, 15) is 13.2 Å². The highest BCUT2D eigenvalue weighted by Gasteiger charge is 2.32. The van der Waals surface area contributed by atoms with Gasteiger partial charge >= 0.3 is 6.18 Å². The lowest BCUT2D eigenvalue weighted by atomic mass is 10.1. The van der Waals surface area contributed by atoms with Gasteiger partial charge in [0.2, 0.25) is 0 Å². The van der Waals surface area contributed by atoms with Crippen molar-refractivity contribution in [3.63, 3.8) is 0 Å². The third kappa shape index (κ3) is 2.79. The fraction of sp³-hybridized carbons (Fsp3) is 0.0833. The number of nitrogens with zero attached hydrogens (tertiary/aromatic N) is 1. The monoisotopic (exact) mass is 255 g/mol. The Morgan fingerprint density at radius 1 is 0.941 bits per heavy atom. The molecule has 88 valence electrons. The van der Waals surface area contributed by atoms with Gasteiger partial charge in [0.1, 0.15) is 5.69 Å². The minimum atomic E-state index is -4.42. The van der Waals surface area contributed by atoms with Crippen LogP contribution in [0.5, 0.6) is 0 Å². The second kappa shape index (κ2) is 4.41. The first-order chi connectivity index (χ1) is 7.97. The molecule has 0 saturated heterocycles. The Morgan fingerprint density at radius 2 is 1.59 bits per heavy atom. The first kappa shape index (κ1) is 12.0. The Morgan fingerprint density at radius 3 is 2.18 bits per heavy atom. The van der Waals surface area contributed by atoms with Crippen molar-refractivity contribution in [1.29, 1.82) is 0 Å². The molecule has 0 saturated carbocycles. The van der Waals surface area contributed by atoms with Crippen LogP contribution < -0.4 is 0 Å². The Labute approximate surface area is 102 Å². The lowest BCUT2D eigenvalue weighted by Crippen LogP contribution is -2.07. The quantitative estimate of drug-likeness (QED) is 0.758. The Hall–Kier alpha value is -1.49. The molecule has 2 rings (SSSR count). The fourth-order valence-corrected chi connectivity index (χ4v) is 1.57. The lowest BCUT2D eigenvalue weighted by Gasteiger charge is -2.07. The van der Waals surface area contributed by atoms with Crippen LogP contribution in [-0.4, -0.2) is 4.98 Å². The van der Waals surface area contributed by atoms with Gasteiger partial charge in [0.15, 0.2) is 0 Å². The van der Waals surface area contributed by atoms with E-state index < -0.39 is 11.9 Å². The maximum atomic E-state index is 12.5. The van der Waals surface area contributed by atoms with E-state index in [-0.39, 0.29) is 0 Å². The highest BCUT2D eigenvalue weighted by atomic mass is 32.1. The number of alkyl halides is 3. The van der Waals surface area contributed by atoms with Gasteiger partial charge in [0.05, 0.1) is 0 Å². The number of hydrogen-bond acceptors (Lipinski definition) is 2. The number of thiol groups is 1. The van der Waals surface area contributed by atoms with Crippen molar-refractivity contribution >= 4 is 12.6 Å². The Bertz CT molecular complexity index is 520. The third-order valence-electron chi connectivity index (χ3n) is 2.25. The summed E-state index contributed by atoms with van der Waals surface area (Å²) >= 11 is 4.12. The van der Waals surface area contributed by atoms with E-state index in [0.717, 1.165) is 17.2 Å². The van der Waals surface area contributed by atoms with Crippen molar-refractivity contribution in [3.05, 3.63) is 48.3 Å². The van der Waals surface area contributed by atoms with Gasteiger partial charge in [-0.05, 0) is 35.4 Å². The van der Waals surface area contributed by atoms with Crippen LogP contribution in [0.4, 0.5) is 13.2 Å². The van der Waals surface area contributed by atoms with Crippen LogP contribution in [0.15, 0.2) is 47.5 Å². The lowest BCUT2D eigenvalue weighted by molar-refractivity contribution is -0.141. The van der Waals surface area contributed by atoms with Gasteiger partial charge in [0, 0.05) is 11.1 Å². The smallest absolute Gasteiger partial charge is 0.252 e. The first-order valence-electron chi connectivity index (χ1n) is 4.79. The summed E-state index contributed by atoms with van der Waals surface area (Å²) in [4.78, 5) is 4.08. The van der Waals surface area contributed by atoms with E-state index in [2.05, 4.69) is 17.6 Å². The number of benzene rings is 1. The molecule has 0 aliphatic rings. The average molecular weight is 255 g/mol. The molecule has 0 fully saturated rings. The molecule has 1 heterocycles. The van der Waals surface area contributed by atoms with Gasteiger partial charge in [-0.25, -0.2) is 0 Å². The summed E-state index contributed by atoms with van der Waals surface area (Å²) in [5, 5.41) is 0. The molecule has 0 amide bonds. The molecule has 0 atom stereocenters. The van der Waals surface area contributed by atoms with Crippen molar-refractivity contribution in [3.8, 4) is 11.1 Å². The third-order valence-corrected chi connectivity index (χ3v) is 2.55. The molecule has 1 aromatic heterocycles. The van der Waals surface area contributed by atoms with Gasteiger partial charge in [0.25, 0.3) is 0 Å². The van der Waals surface area contributed by atoms with E-state index in [1.54, 1.807) is 30.3 Å². The second-order valence-electron chi connectivity index (χ2n) is 3.47. The van der Waals surface area contributed by atoms with Crippen LogP contribution in [-0.2, 0) is 6.18 Å². The zero-order chi connectivity index (χ0) is 12.5. The normalized spacial score (nSPS) is 11.5. The van der Waals surface area contributed by atoms with Gasteiger partial charge in [-0.3, -0.25) is 4.98 Å². The molecule has 17 heavy (non-hydrogen) atoms. The summed E-state index contributed by atoms with van der Waals surface area (Å²) in [5.74, 6) is 0. The van der Waals surface area contributed by atoms with Crippen molar-refractivity contribution in [2.24, 2.45) is 0 Å². The summed E-state index contributed by atoms with van der Waals surface area (Å²) in [6.07, 6.45) is -3.26. The van der Waals surface area contributed by atoms with Crippen molar-refractivity contribution in [2.75, 3.05) is 0 Å². The zero-order valence-corrected chi connectivity index (χ0v) is 9.46. The molecule has 1 aromatic carbocycles. The Kier molecular flexibility index (Phi) is 3.11. The molecular weight excluding hydrogens is 247 g/mol. The second-order valence-corrected chi connectivity index (χ2v) is 3.99. The van der Waals surface area contributed by atoms with Crippen molar-refractivity contribution < 1.29 is 13.2 Å². The molecule has 0 aliphatic carbocycles. The van der Waals surface area contributed by atoms with Crippen LogP contribution >= 0.6 is 12.6 Å². The highest BCUT2D eigenvalue weighted by molar-refractivity contribution is 7.80. The van der Waals surface area contributed by atoms with Gasteiger partial charge < -0.3 is 0 Å². The van der Waals surface area contributed by atoms with Crippen LogP contribution in [0.3, 0.4) is 0 Å². The SMILES string of the molecule is FC(F)(F)c1cc(-c2ccc(S)cc2)ccn1. The highest BCUT2D eigenvalue weighted by Crippen LogP contribution is 2.30. The Balaban J connectivity index is 2.43. The minimum Gasteiger partial charge on any atom is -0.252 e. The molecule has 0 aliphatic heterocycles. The summed E-state index contributed by atoms with van der Waals surface area (Å²) in [5.41, 5.74) is 0.307. The molecular formula is C12H8F3NS. The number of hydrogen-bond donors (Lipinski definition) is 1. The topological polar surface area (TPSA) is 12.9 Å². The molecule has 1 nitrogen and oxygen atoms in total. The molecule has 0 N–H and O–H groups in total. The van der Waals surface area contributed by atoms with Crippen molar-refractivity contribution in [1.82, 2.24) is 4.98 Å². The van der Waals surface area contributed by atoms with E-state index in [4.69, 9.17) is 0 Å². The molecule has 2 aromatic rings. The van der Waals surface area contributed by atoms with Crippen LogP contribution in [0.25, 0.3) is 11.1 Å². The minimum absolute atomic E-state index is 0.487. The summed E-state index contributed by atoms with van der Waals surface area (Å²) in [7, 11) is 0. The summed E-state index contributed by atoms with van der Waals surface area (Å²) < 4.78 is 37.4. The molecule has 0 bridgehead atoms. The van der Waals surface area contributed by atoms with E-state index in [1.165, 1.54) is 0 Å². The summed E-state index contributed by atoms with van der Waals surface area (Å²) in [6, 6.07) is 9.48. The van der Waals surface area contributed by atoms with E-state index >= 15 is 0 Å². The standard InChI is InChI=1S/C12H8F3NS/c13-12(14,15)11-7-9(5-6-16-11)8-1-3-10(17)4-2-8/h1-7,17H. The van der Waals surface area contributed by atoms with E-state index in [1.807, 2.05) is 0 Å².